The van der Waals surface area contributed by atoms with E-state index in [1.807, 2.05) is 12.1 Å². The van der Waals surface area contributed by atoms with Gasteiger partial charge in [-0.05, 0) is 35.7 Å². The SMILES string of the molecule is OB(O)c1ccc([C@@]23CN(C4CCOCC4)C4C2[C@H]43)cc1. The number of hydrogen-bond donors (Lipinski definition) is 2. The second-order valence-electron chi connectivity index (χ2n) is 7.09. The summed E-state index contributed by atoms with van der Waals surface area (Å²) in [5, 5.41) is 18.4. The van der Waals surface area contributed by atoms with E-state index in [1.54, 1.807) is 0 Å². The molecule has 5 fully saturated rings. The van der Waals surface area contributed by atoms with Gasteiger partial charge in [0, 0.05) is 37.3 Å². The van der Waals surface area contributed by atoms with Gasteiger partial charge in [0.25, 0.3) is 0 Å². The van der Waals surface area contributed by atoms with E-state index in [-0.39, 0.29) is 0 Å². The molecule has 0 amide bonds. The fourth-order valence-electron chi connectivity index (χ4n) is 5.15. The van der Waals surface area contributed by atoms with Crippen molar-refractivity contribution in [2.24, 2.45) is 11.8 Å². The van der Waals surface area contributed by atoms with Crippen LogP contribution in [0.2, 0.25) is 0 Å². The third kappa shape index (κ3) is 1.55. The first-order valence-electron chi connectivity index (χ1n) is 8.03. The van der Waals surface area contributed by atoms with Crippen LogP contribution in [0.3, 0.4) is 0 Å². The van der Waals surface area contributed by atoms with Gasteiger partial charge in [-0.3, -0.25) is 4.90 Å². The quantitative estimate of drug-likeness (QED) is 0.751. The van der Waals surface area contributed by atoms with Crippen LogP contribution in [0.15, 0.2) is 24.3 Å². The number of hydrogen-bond acceptors (Lipinski definition) is 4. The highest BCUT2D eigenvalue weighted by molar-refractivity contribution is 6.58. The average molecular weight is 285 g/mol. The van der Waals surface area contributed by atoms with E-state index in [1.165, 1.54) is 24.9 Å². The van der Waals surface area contributed by atoms with E-state index < -0.39 is 7.12 Å². The zero-order chi connectivity index (χ0) is 14.2. The first-order chi connectivity index (χ1) is 10.2. The zero-order valence-electron chi connectivity index (χ0n) is 12.0. The maximum atomic E-state index is 9.21. The fraction of sp³-hybridized carbons (Fsp3) is 0.625. The van der Waals surface area contributed by atoms with Gasteiger partial charge in [-0.15, -0.1) is 0 Å². The van der Waals surface area contributed by atoms with E-state index in [9.17, 15) is 10.0 Å². The molecule has 6 rings (SSSR count). The first kappa shape index (κ1) is 12.6. The van der Waals surface area contributed by atoms with Crippen molar-refractivity contribution in [3.8, 4) is 0 Å². The smallest absolute Gasteiger partial charge is 0.423 e. The van der Waals surface area contributed by atoms with Crippen LogP contribution in [0.4, 0.5) is 0 Å². The van der Waals surface area contributed by atoms with Crippen LogP contribution >= 0.6 is 0 Å². The Labute approximate surface area is 124 Å². The van der Waals surface area contributed by atoms with Crippen molar-refractivity contribution >= 4 is 12.6 Å². The monoisotopic (exact) mass is 285 g/mol. The zero-order valence-corrected chi connectivity index (χ0v) is 12.0. The van der Waals surface area contributed by atoms with Crippen LogP contribution in [-0.4, -0.2) is 53.9 Å². The van der Waals surface area contributed by atoms with Crippen molar-refractivity contribution in [2.75, 3.05) is 19.8 Å². The molecule has 1 aromatic carbocycles. The molecule has 2 bridgehead atoms. The Morgan fingerprint density at radius 1 is 1.10 bits per heavy atom. The summed E-state index contributed by atoms with van der Waals surface area (Å²) in [5.74, 6) is 1.73. The second kappa shape index (κ2) is 4.10. The molecule has 1 aromatic rings. The summed E-state index contributed by atoms with van der Waals surface area (Å²) in [4.78, 5) is 2.74. The summed E-state index contributed by atoms with van der Waals surface area (Å²) >= 11 is 0. The predicted molar refractivity (Wildman–Crippen MR) is 79.3 cm³/mol. The lowest BCUT2D eigenvalue weighted by molar-refractivity contribution is 0.0395. The van der Waals surface area contributed by atoms with Gasteiger partial charge in [-0.25, -0.2) is 0 Å². The highest BCUT2D eigenvalue weighted by Crippen LogP contribution is 2.84. The largest absolute Gasteiger partial charge is 0.488 e. The molecule has 3 saturated heterocycles. The molecule has 2 unspecified atom stereocenters. The fourth-order valence-corrected chi connectivity index (χ4v) is 5.15. The van der Waals surface area contributed by atoms with E-state index in [0.29, 0.717) is 10.9 Å². The van der Waals surface area contributed by atoms with Crippen molar-refractivity contribution in [1.82, 2.24) is 4.90 Å². The van der Waals surface area contributed by atoms with Gasteiger partial charge in [0.1, 0.15) is 0 Å². The maximum absolute atomic E-state index is 9.21. The third-order valence-electron chi connectivity index (χ3n) is 6.30. The molecule has 2 N–H and O–H groups in total. The lowest BCUT2D eigenvalue weighted by atomic mass is 9.78. The molecule has 5 heteroatoms. The van der Waals surface area contributed by atoms with Crippen LogP contribution in [-0.2, 0) is 10.2 Å². The number of nitrogens with zero attached hydrogens (tertiary/aromatic N) is 1. The van der Waals surface area contributed by atoms with Gasteiger partial charge in [0.2, 0.25) is 0 Å². The van der Waals surface area contributed by atoms with E-state index >= 15 is 0 Å². The molecular weight excluding hydrogens is 265 g/mol. The van der Waals surface area contributed by atoms with Crippen LogP contribution in [0.5, 0.6) is 0 Å². The second-order valence-corrected chi connectivity index (χ2v) is 7.09. The molecule has 110 valence electrons. The summed E-state index contributed by atoms with van der Waals surface area (Å²) < 4.78 is 5.49. The van der Waals surface area contributed by atoms with Gasteiger partial charge < -0.3 is 14.8 Å². The lowest BCUT2D eigenvalue weighted by Gasteiger charge is -2.31. The molecule has 0 spiro atoms. The normalized spacial score (nSPS) is 41.0. The van der Waals surface area contributed by atoms with Crippen LogP contribution in [0, 0.1) is 11.8 Å². The summed E-state index contributed by atoms with van der Waals surface area (Å²) in [5.41, 5.74) is 2.37. The standard InChI is InChI=1S/C16H20BNO3/c19-17(20)11-3-1-10(2-4-11)16-9-18(15-13(16)14(15)16)12-5-7-21-8-6-12/h1-4,12-15,19-20H,5-9H2/t13-,14?,15?,16-/m1/s1. The summed E-state index contributed by atoms with van der Waals surface area (Å²) in [6.45, 7) is 3.03. The Morgan fingerprint density at radius 2 is 1.76 bits per heavy atom. The molecule has 4 nitrogen and oxygen atoms in total. The predicted octanol–water partition coefficient (Wildman–Crippen LogP) is -0.273. The maximum Gasteiger partial charge on any atom is 0.488 e. The van der Waals surface area contributed by atoms with E-state index in [2.05, 4.69) is 17.0 Å². The van der Waals surface area contributed by atoms with Gasteiger partial charge >= 0.3 is 7.12 Å². The topological polar surface area (TPSA) is 52.9 Å². The summed E-state index contributed by atoms with van der Waals surface area (Å²) in [7, 11) is -1.36. The van der Waals surface area contributed by atoms with E-state index in [0.717, 1.165) is 37.1 Å². The molecule has 0 aromatic heterocycles. The molecule has 2 aliphatic carbocycles. The van der Waals surface area contributed by atoms with Gasteiger partial charge in [0.05, 0.1) is 0 Å². The van der Waals surface area contributed by atoms with Crippen LogP contribution in [0.25, 0.3) is 0 Å². The minimum atomic E-state index is -1.36. The van der Waals surface area contributed by atoms with Crippen molar-refractivity contribution in [3.63, 3.8) is 0 Å². The number of benzene rings is 1. The van der Waals surface area contributed by atoms with Crippen molar-refractivity contribution in [3.05, 3.63) is 29.8 Å². The van der Waals surface area contributed by atoms with Crippen molar-refractivity contribution in [1.29, 1.82) is 0 Å². The highest BCUT2D eigenvalue weighted by atomic mass is 16.5. The number of rotatable bonds is 3. The van der Waals surface area contributed by atoms with Gasteiger partial charge in [-0.1, -0.05) is 24.3 Å². The molecule has 0 radical (unpaired) electrons. The number of ether oxygens (including phenoxy) is 1. The molecule has 21 heavy (non-hydrogen) atoms. The van der Waals surface area contributed by atoms with Crippen LogP contribution in [0.1, 0.15) is 18.4 Å². The summed E-state index contributed by atoms with van der Waals surface area (Å²) in [6, 6.07) is 9.48. The molecule has 3 heterocycles. The molecule has 4 atom stereocenters. The third-order valence-corrected chi connectivity index (χ3v) is 6.30. The molecule has 5 aliphatic rings. The summed E-state index contributed by atoms with van der Waals surface area (Å²) in [6.07, 6.45) is 2.36. The average Bonchev–Trinajstić information content (AvgIpc) is 3.34. The number of fused-ring (bicyclic) bond motifs is 1. The Hall–Kier alpha value is -0.875. The highest BCUT2D eigenvalue weighted by Gasteiger charge is 2.90. The van der Waals surface area contributed by atoms with E-state index in [4.69, 9.17) is 4.74 Å². The number of piperidine rings is 1. The van der Waals surface area contributed by atoms with Crippen molar-refractivity contribution < 1.29 is 14.8 Å². The minimum Gasteiger partial charge on any atom is -0.423 e. The Morgan fingerprint density at radius 3 is 2.38 bits per heavy atom. The van der Waals surface area contributed by atoms with Crippen LogP contribution < -0.4 is 5.46 Å². The van der Waals surface area contributed by atoms with Gasteiger partial charge in [-0.2, -0.15) is 0 Å². The molecular formula is C16H20BNO3. The minimum absolute atomic E-state index is 0.391. The molecule has 3 aliphatic heterocycles. The Bertz CT molecular complexity index is 559. The molecule has 2 saturated carbocycles. The lowest BCUT2D eigenvalue weighted by Crippen LogP contribution is -2.38. The Balaban J connectivity index is 1.36. The first-order valence-corrected chi connectivity index (χ1v) is 8.03. The van der Waals surface area contributed by atoms with Crippen molar-refractivity contribution in [2.45, 2.75) is 30.3 Å². The Kier molecular flexibility index (Phi) is 2.47. The van der Waals surface area contributed by atoms with Gasteiger partial charge in [0.15, 0.2) is 0 Å².